The molecule has 0 amide bonds. The Kier molecular flexibility index (Phi) is 3.81. The van der Waals surface area contributed by atoms with Gasteiger partial charge in [0.15, 0.2) is 5.69 Å². The number of nitro benzene ring substituents is 1. The molecule has 1 heterocycles. The maximum atomic E-state index is 11.9. The number of esters is 1. The van der Waals surface area contributed by atoms with Gasteiger partial charge in [-0.1, -0.05) is 0 Å². The Bertz CT molecular complexity index is 817. The second kappa shape index (κ2) is 5.57. The van der Waals surface area contributed by atoms with E-state index in [1.54, 1.807) is 6.92 Å². The van der Waals surface area contributed by atoms with Gasteiger partial charge in [0.1, 0.15) is 6.07 Å². The molecule has 0 bridgehead atoms. The molecule has 0 aliphatic rings. The number of hydrogen-bond acceptors (Lipinski definition) is 6. The third kappa shape index (κ3) is 2.35. The standard InChI is InChI=1S/C14H12N4O4/c1-8-5-10(3-4-11(8)18(20)21)17-7-9(6-15)12(16)13(17)14(19)22-2/h3-5,7H,16H2,1-2H3. The van der Waals surface area contributed by atoms with Crippen molar-refractivity contribution in [2.75, 3.05) is 12.8 Å². The maximum Gasteiger partial charge on any atom is 0.357 e. The lowest BCUT2D eigenvalue weighted by atomic mass is 10.2. The number of methoxy groups -OCH3 is 1. The fourth-order valence-electron chi connectivity index (χ4n) is 2.11. The third-order valence-electron chi connectivity index (χ3n) is 3.20. The lowest BCUT2D eigenvalue weighted by Gasteiger charge is -2.09. The Morgan fingerprint density at radius 2 is 2.18 bits per heavy atom. The summed E-state index contributed by atoms with van der Waals surface area (Å²) in [6.07, 6.45) is 1.39. The van der Waals surface area contributed by atoms with Gasteiger partial charge in [0, 0.05) is 23.5 Å². The highest BCUT2D eigenvalue weighted by Crippen LogP contribution is 2.27. The zero-order valence-electron chi connectivity index (χ0n) is 11.9. The van der Waals surface area contributed by atoms with Crippen LogP contribution in [-0.2, 0) is 4.74 Å². The zero-order chi connectivity index (χ0) is 16.4. The smallest absolute Gasteiger partial charge is 0.357 e. The van der Waals surface area contributed by atoms with Gasteiger partial charge >= 0.3 is 5.97 Å². The van der Waals surface area contributed by atoms with Crippen molar-refractivity contribution in [3.63, 3.8) is 0 Å². The first-order chi connectivity index (χ1) is 10.4. The van der Waals surface area contributed by atoms with E-state index in [1.165, 1.54) is 36.1 Å². The first-order valence-electron chi connectivity index (χ1n) is 6.15. The van der Waals surface area contributed by atoms with Gasteiger partial charge in [0.05, 0.1) is 23.3 Å². The molecule has 0 atom stereocenters. The van der Waals surface area contributed by atoms with Gasteiger partial charge in [-0.3, -0.25) is 10.1 Å². The summed E-state index contributed by atoms with van der Waals surface area (Å²) in [7, 11) is 1.20. The van der Waals surface area contributed by atoms with E-state index < -0.39 is 10.9 Å². The van der Waals surface area contributed by atoms with E-state index in [0.717, 1.165) is 0 Å². The van der Waals surface area contributed by atoms with Gasteiger partial charge in [0.2, 0.25) is 0 Å². The Morgan fingerprint density at radius 1 is 1.50 bits per heavy atom. The summed E-state index contributed by atoms with van der Waals surface area (Å²) in [5.41, 5.74) is 6.78. The molecule has 1 aromatic carbocycles. The molecular formula is C14H12N4O4. The molecule has 2 aromatic rings. The van der Waals surface area contributed by atoms with E-state index in [1.807, 2.05) is 6.07 Å². The summed E-state index contributed by atoms with van der Waals surface area (Å²) in [5, 5.41) is 19.9. The van der Waals surface area contributed by atoms with Crippen molar-refractivity contribution < 1.29 is 14.5 Å². The molecule has 0 aliphatic heterocycles. The van der Waals surface area contributed by atoms with Crippen LogP contribution in [0.3, 0.4) is 0 Å². The molecule has 2 N–H and O–H groups in total. The van der Waals surface area contributed by atoms with Crippen molar-refractivity contribution >= 4 is 17.3 Å². The number of anilines is 1. The Hall–Kier alpha value is -3.34. The highest BCUT2D eigenvalue weighted by Gasteiger charge is 2.22. The normalized spacial score (nSPS) is 10.0. The molecule has 0 saturated heterocycles. The fourth-order valence-corrected chi connectivity index (χ4v) is 2.11. The average Bonchev–Trinajstić information content (AvgIpc) is 2.82. The van der Waals surface area contributed by atoms with Crippen LogP contribution in [0.15, 0.2) is 24.4 Å². The van der Waals surface area contributed by atoms with Gasteiger partial charge < -0.3 is 15.0 Å². The number of ether oxygens (including phenoxy) is 1. The van der Waals surface area contributed by atoms with Crippen LogP contribution in [0.25, 0.3) is 5.69 Å². The van der Waals surface area contributed by atoms with Crippen LogP contribution >= 0.6 is 0 Å². The number of rotatable bonds is 3. The quantitative estimate of drug-likeness (QED) is 0.524. The van der Waals surface area contributed by atoms with E-state index in [4.69, 9.17) is 11.0 Å². The van der Waals surface area contributed by atoms with Crippen molar-refractivity contribution in [1.82, 2.24) is 4.57 Å². The van der Waals surface area contributed by atoms with E-state index in [-0.39, 0.29) is 22.6 Å². The molecule has 0 saturated carbocycles. The second-order valence-corrected chi connectivity index (χ2v) is 4.51. The Balaban J connectivity index is 2.67. The molecule has 112 valence electrons. The van der Waals surface area contributed by atoms with E-state index in [2.05, 4.69) is 4.74 Å². The molecule has 0 fully saturated rings. The highest BCUT2D eigenvalue weighted by molar-refractivity contribution is 5.96. The van der Waals surface area contributed by atoms with E-state index in [9.17, 15) is 14.9 Å². The third-order valence-corrected chi connectivity index (χ3v) is 3.20. The minimum Gasteiger partial charge on any atom is -0.464 e. The van der Waals surface area contributed by atoms with Crippen LogP contribution < -0.4 is 5.73 Å². The van der Waals surface area contributed by atoms with Crippen LogP contribution in [0.5, 0.6) is 0 Å². The SMILES string of the molecule is COC(=O)c1c(N)c(C#N)cn1-c1ccc([N+](=O)[O-])c(C)c1. The number of nitrogens with two attached hydrogens (primary N) is 1. The van der Waals surface area contributed by atoms with Crippen LogP contribution in [0, 0.1) is 28.4 Å². The number of benzene rings is 1. The first-order valence-corrected chi connectivity index (χ1v) is 6.15. The molecular weight excluding hydrogens is 288 g/mol. The molecule has 0 radical (unpaired) electrons. The largest absolute Gasteiger partial charge is 0.464 e. The minimum atomic E-state index is -0.699. The number of nitriles is 1. The number of hydrogen-bond donors (Lipinski definition) is 1. The Labute approximate surface area is 125 Å². The molecule has 2 rings (SSSR count). The number of aryl methyl sites for hydroxylation is 1. The summed E-state index contributed by atoms with van der Waals surface area (Å²) < 4.78 is 6.06. The summed E-state index contributed by atoms with van der Waals surface area (Å²) >= 11 is 0. The van der Waals surface area contributed by atoms with Crippen LogP contribution in [0.4, 0.5) is 11.4 Å². The van der Waals surface area contributed by atoms with E-state index in [0.29, 0.717) is 11.3 Å². The van der Waals surface area contributed by atoms with E-state index >= 15 is 0 Å². The van der Waals surface area contributed by atoms with Crippen molar-refractivity contribution in [3.05, 3.63) is 51.3 Å². The molecule has 0 unspecified atom stereocenters. The van der Waals surface area contributed by atoms with Gasteiger partial charge in [0.25, 0.3) is 5.69 Å². The summed E-state index contributed by atoms with van der Waals surface area (Å²) in [6, 6.07) is 6.22. The molecule has 1 aromatic heterocycles. The first kappa shape index (κ1) is 15.1. The summed E-state index contributed by atoms with van der Waals surface area (Å²) in [6.45, 7) is 1.58. The molecule has 0 spiro atoms. The number of carbonyl (C=O) groups is 1. The number of nitro groups is 1. The van der Waals surface area contributed by atoms with Crippen molar-refractivity contribution in [2.24, 2.45) is 0 Å². The predicted molar refractivity (Wildman–Crippen MR) is 77.6 cm³/mol. The number of nitrogen functional groups attached to an aromatic ring is 1. The van der Waals surface area contributed by atoms with Gasteiger partial charge in [-0.25, -0.2) is 4.79 Å². The Morgan fingerprint density at radius 3 is 2.68 bits per heavy atom. The lowest BCUT2D eigenvalue weighted by molar-refractivity contribution is -0.385. The average molecular weight is 300 g/mol. The minimum absolute atomic E-state index is 0.00496. The fraction of sp³-hybridized carbons (Fsp3) is 0.143. The monoisotopic (exact) mass is 300 g/mol. The van der Waals surface area contributed by atoms with Crippen LogP contribution in [-0.4, -0.2) is 22.6 Å². The van der Waals surface area contributed by atoms with Crippen LogP contribution in [0.2, 0.25) is 0 Å². The van der Waals surface area contributed by atoms with Crippen molar-refractivity contribution in [3.8, 4) is 11.8 Å². The number of carbonyl (C=O) groups excluding carboxylic acids is 1. The molecule has 8 heteroatoms. The molecule has 22 heavy (non-hydrogen) atoms. The molecule has 8 nitrogen and oxygen atoms in total. The molecule has 0 aliphatic carbocycles. The van der Waals surface area contributed by atoms with Crippen molar-refractivity contribution in [2.45, 2.75) is 6.92 Å². The maximum absolute atomic E-state index is 11.9. The highest BCUT2D eigenvalue weighted by atomic mass is 16.6. The summed E-state index contributed by atoms with van der Waals surface area (Å²) in [5.74, 6) is -0.699. The van der Waals surface area contributed by atoms with Gasteiger partial charge in [-0.15, -0.1) is 0 Å². The summed E-state index contributed by atoms with van der Waals surface area (Å²) in [4.78, 5) is 22.2. The number of aromatic nitrogens is 1. The van der Waals surface area contributed by atoms with Crippen LogP contribution in [0.1, 0.15) is 21.6 Å². The number of nitrogens with zero attached hydrogens (tertiary/aromatic N) is 3. The van der Waals surface area contributed by atoms with Gasteiger partial charge in [-0.2, -0.15) is 5.26 Å². The second-order valence-electron chi connectivity index (χ2n) is 4.51. The predicted octanol–water partition coefficient (Wildman–Crippen LogP) is 1.93. The lowest BCUT2D eigenvalue weighted by Crippen LogP contribution is -2.11. The topological polar surface area (TPSA) is 124 Å². The van der Waals surface area contributed by atoms with Gasteiger partial charge in [-0.05, 0) is 19.1 Å². The zero-order valence-corrected chi connectivity index (χ0v) is 11.9. The van der Waals surface area contributed by atoms with Crippen molar-refractivity contribution in [1.29, 1.82) is 5.26 Å².